The van der Waals surface area contributed by atoms with Crippen LogP contribution < -0.4 is 4.90 Å². The van der Waals surface area contributed by atoms with Gasteiger partial charge in [0.2, 0.25) is 11.8 Å². The lowest BCUT2D eigenvalue weighted by Crippen LogP contribution is -2.31. The molecule has 0 radical (unpaired) electrons. The van der Waals surface area contributed by atoms with E-state index >= 15 is 0 Å². The second-order valence-electron chi connectivity index (χ2n) is 6.59. The average molecular weight is 342 g/mol. The van der Waals surface area contributed by atoms with Crippen LogP contribution in [0, 0.1) is 25.7 Å². The first kappa shape index (κ1) is 16.7. The van der Waals surface area contributed by atoms with E-state index in [2.05, 4.69) is 18.2 Å². The van der Waals surface area contributed by atoms with Crippen LogP contribution in [0.2, 0.25) is 5.02 Å². The van der Waals surface area contributed by atoms with Crippen molar-refractivity contribution >= 4 is 29.1 Å². The fraction of sp³-hybridized carbons (Fsp3) is 0.300. The third kappa shape index (κ3) is 3.09. The molecule has 1 aliphatic rings. The van der Waals surface area contributed by atoms with Crippen LogP contribution in [-0.2, 0) is 16.0 Å². The molecule has 0 spiro atoms. The Bertz CT molecular complexity index is 795. The summed E-state index contributed by atoms with van der Waals surface area (Å²) in [5.41, 5.74) is 3.98. The lowest BCUT2D eigenvalue weighted by Gasteiger charge is -2.15. The van der Waals surface area contributed by atoms with Crippen molar-refractivity contribution in [2.24, 2.45) is 11.8 Å². The van der Waals surface area contributed by atoms with Crippen LogP contribution in [0.15, 0.2) is 42.5 Å². The van der Waals surface area contributed by atoms with Gasteiger partial charge in [0.15, 0.2) is 0 Å². The first-order valence-electron chi connectivity index (χ1n) is 8.07. The molecule has 0 bridgehead atoms. The van der Waals surface area contributed by atoms with Crippen LogP contribution in [0.5, 0.6) is 0 Å². The molecule has 4 heteroatoms. The fourth-order valence-electron chi connectivity index (χ4n) is 3.44. The SMILES string of the molecule is Cc1cc(C)cc(CC2C(=O)N(c3cccc(Cl)c3)C(=O)C2C)c1. The number of benzene rings is 2. The van der Waals surface area contributed by atoms with Crippen molar-refractivity contribution in [2.45, 2.75) is 27.2 Å². The zero-order chi connectivity index (χ0) is 17.4. The largest absolute Gasteiger partial charge is 0.274 e. The number of hydrogen-bond donors (Lipinski definition) is 0. The number of anilines is 1. The molecule has 2 amide bonds. The molecule has 2 unspecified atom stereocenters. The number of imide groups is 1. The van der Waals surface area contributed by atoms with E-state index in [1.165, 1.54) is 16.0 Å². The summed E-state index contributed by atoms with van der Waals surface area (Å²) in [6.45, 7) is 5.91. The first-order chi connectivity index (χ1) is 11.4. The zero-order valence-corrected chi connectivity index (χ0v) is 14.8. The molecule has 0 aromatic heterocycles. The maximum Gasteiger partial charge on any atom is 0.238 e. The van der Waals surface area contributed by atoms with E-state index < -0.39 is 0 Å². The topological polar surface area (TPSA) is 37.4 Å². The molecule has 0 aliphatic carbocycles. The number of carbonyl (C=O) groups is 2. The van der Waals surface area contributed by atoms with Crippen LogP contribution >= 0.6 is 11.6 Å². The summed E-state index contributed by atoms with van der Waals surface area (Å²) in [4.78, 5) is 26.8. The minimum atomic E-state index is -0.336. The highest BCUT2D eigenvalue weighted by Gasteiger charge is 2.45. The second-order valence-corrected chi connectivity index (χ2v) is 7.02. The Kier molecular flexibility index (Phi) is 4.46. The minimum Gasteiger partial charge on any atom is -0.274 e. The highest BCUT2D eigenvalue weighted by Crippen LogP contribution is 2.34. The van der Waals surface area contributed by atoms with E-state index in [4.69, 9.17) is 11.6 Å². The molecular weight excluding hydrogens is 322 g/mol. The van der Waals surface area contributed by atoms with Gasteiger partial charge >= 0.3 is 0 Å². The van der Waals surface area contributed by atoms with Gasteiger partial charge in [0.25, 0.3) is 0 Å². The Labute approximate surface area is 147 Å². The van der Waals surface area contributed by atoms with Crippen molar-refractivity contribution in [3.63, 3.8) is 0 Å². The molecule has 2 aromatic carbocycles. The van der Waals surface area contributed by atoms with E-state index in [9.17, 15) is 9.59 Å². The Hall–Kier alpha value is -2.13. The molecule has 0 saturated carbocycles. The Morgan fingerprint density at radius 1 is 1.00 bits per heavy atom. The maximum absolute atomic E-state index is 12.9. The normalized spacial score (nSPS) is 20.8. The van der Waals surface area contributed by atoms with E-state index in [0.717, 1.165) is 5.56 Å². The summed E-state index contributed by atoms with van der Waals surface area (Å²) in [5.74, 6) is -0.972. The van der Waals surface area contributed by atoms with Crippen LogP contribution in [0.4, 0.5) is 5.69 Å². The summed E-state index contributed by atoms with van der Waals surface area (Å²) in [7, 11) is 0. The number of rotatable bonds is 3. The molecule has 0 N–H and O–H groups in total. The molecule has 2 aromatic rings. The number of halogens is 1. The smallest absolute Gasteiger partial charge is 0.238 e. The number of hydrogen-bond acceptors (Lipinski definition) is 2. The monoisotopic (exact) mass is 341 g/mol. The van der Waals surface area contributed by atoms with Gasteiger partial charge in [-0.15, -0.1) is 0 Å². The maximum atomic E-state index is 12.9. The predicted octanol–water partition coefficient (Wildman–Crippen LogP) is 4.33. The Balaban J connectivity index is 1.90. The average Bonchev–Trinajstić information content (AvgIpc) is 2.70. The lowest BCUT2D eigenvalue weighted by molar-refractivity contribution is -0.122. The number of carbonyl (C=O) groups excluding carboxylic acids is 2. The van der Waals surface area contributed by atoms with Crippen LogP contribution in [0.3, 0.4) is 0 Å². The highest BCUT2D eigenvalue weighted by molar-refractivity contribution is 6.31. The molecule has 2 atom stereocenters. The van der Waals surface area contributed by atoms with Crippen molar-refractivity contribution in [2.75, 3.05) is 4.90 Å². The summed E-state index contributed by atoms with van der Waals surface area (Å²) < 4.78 is 0. The minimum absolute atomic E-state index is 0.145. The third-order valence-electron chi connectivity index (χ3n) is 4.55. The number of nitrogens with zero attached hydrogens (tertiary/aromatic N) is 1. The standard InChI is InChI=1S/C20H20ClNO2/c1-12-7-13(2)9-15(8-12)10-18-14(3)19(23)22(20(18)24)17-6-4-5-16(21)11-17/h4-9,11,14,18H,10H2,1-3H3. The van der Waals surface area contributed by atoms with E-state index in [1.54, 1.807) is 24.3 Å². The third-order valence-corrected chi connectivity index (χ3v) is 4.79. The quantitative estimate of drug-likeness (QED) is 0.779. The van der Waals surface area contributed by atoms with E-state index in [0.29, 0.717) is 17.1 Å². The molecule has 3 nitrogen and oxygen atoms in total. The van der Waals surface area contributed by atoms with Crippen LogP contribution in [0.1, 0.15) is 23.6 Å². The first-order valence-corrected chi connectivity index (χ1v) is 8.45. The highest BCUT2D eigenvalue weighted by atomic mass is 35.5. The fourth-order valence-corrected chi connectivity index (χ4v) is 3.62. The van der Waals surface area contributed by atoms with Crippen LogP contribution in [0.25, 0.3) is 0 Å². The van der Waals surface area contributed by atoms with Gasteiger partial charge < -0.3 is 0 Å². The van der Waals surface area contributed by atoms with Crippen molar-refractivity contribution in [3.05, 3.63) is 64.2 Å². The van der Waals surface area contributed by atoms with Crippen molar-refractivity contribution < 1.29 is 9.59 Å². The van der Waals surface area contributed by atoms with E-state index in [1.807, 2.05) is 20.8 Å². The second kappa shape index (κ2) is 6.40. The summed E-state index contributed by atoms with van der Waals surface area (Å²) >= 11 is 6.01. The number of aryl methyl sites for hydroxylation is 2. The van der Waals surface area contributed by atoms with Gasteiger partial charge in [0, 0.05) is 10.9 Å². The summed E-state index contributed by atoms with van der Waals surface area (Å²) in [5, 5.41) is 0.513. The van der Waals surface area contributed by atoms with Gasteiger partial charge in [-0.05, 0) is 44.0 Å². The molecule has 1 heterocycles. The van der Waals surface area contributed by atoms with Crippen molar-refractivity contribution in [1.29, 1.82) is 0 Å². The summed E-state index contributed by atoms with van der Waals surface area (Å²) in [6.07, 6.45) is 0.575. The molecule has 3 rings (SSSR count). The molecule has 1 aliphatic heterocycles. The van der Waals surface area contributed by atoms with Gasteiger partial charge in [-0.3, -0.25) is 14.5 Å². The van der Waals surface area contributed by atoms with Gasteiger partial charge in [-0.2, -0.15) is 0 Å². The van der Waals surface area contributed by atoms with Crippen LogP contribution in [-0.4, -0.2) is 11.8 Å². The van der Waals surface area contributed by atoms with E-state index in [-0.39, 0.29) is 23.7 Å². The lowest BCUT2D eigenvalue weighted by atomic mass is 9.89. The van der Waals surface area contributed by atoms with Gasteiger partial charge in [0.1, 0.15) is 0 Å². The van der Waals surface area contributed by atoms with Crippen molar-refractivity contribution in [1.82, 2.24) is 0 Å². The molecular formula is C20H20ClNO2. The number of amides is 2. The molecule has 1 saturated heterocycles. The summed E-state index contributed by atoms with van der Waals surface area (Å²) in [6, 6.07) is 13.1. The molecule has 24 heavy (non-hydrogen) atoms. The van der Waals surface area contributed by atoms with Gasteiger partial charge in [-0.25, -0.2) is 0 Å². The zero-order valence-electron chi connectivity index (χ0n) is 14.0. The molecule has 124 valence electrons. The van der Waals surface area contributed by atoms with Gasteiger partial charge in [0.05, 0.1) is 11.6 Å². The predicted molar refractivity (Wildman–Crippen MR) is 96.2 cm³/mol. The Morgan fingerprint density at radius 2 is 1.67 bits per heavy atom. The Morgan fingerprint density at radius 3 is 2.29 bits per heavy atom. The molecule has 1 fully saturated rings. The van der Waals surface area contributed by atoms with Crippen molar-refractivity contribution in [3.8, 4) is 0 Å². The van der Waals surface area contributed by atoms with Gasteiger partial charge in [-0.1, -0.05) is 53.9 Å².